The van der Waals surface area contributed by atoms with Gasteiger partial charge in [0.1, 0.15) is 0 Å². The largest absolute Gasteiger partial charge is 0.313 e. The SMILES string of the molecule is CCC1CCC(C)N1C[C@H]1CCCN1. The van der Waals surface area contributed by atoms with E-state index in [1.807, 2.05) is 0 Å². The fourth-order valence-electron chi connectivity index (χ4n) is 3.06. The minimum Gasteiger partial charge on any atom is -0.313 e. The van der Waals surface area contributed by atoms with Crippen LogP contribution in [0.25, 0.3) is 0 Å². The Kier molecular flexibility index (Phi) is 3.45. The zero-order chi connectivity index (χ0) is 9.97. The maximum absolute atomic E-state index is 3.61. The molecule has 0 bridgehead atoms. The molecular formula is C12H24N2. The Hall–Kier alpha value is -0.0800. The van der Waals surface area contributed by atoms with E-state index in [1.165, 1.54) is 45.2 Å². The molecule has 82 valence electrons. The van der Waals surface area contributed by atoms with Crippen LogP contribution in [0.1, 0.15) is 46.0 Å². The van der Waals surface area contributed by atoms with Crippen LogP contribution < -0.4 is 5.32 Å². The molecule has 0 radical (unpaired) electrons. The molecule has 0 aromatic rings. The molecule has 2 aliphatic rings. The van der Waals surface area contributed by atoms with Gasteiger partial charge in [-0.25, -0.2) is 0 Å². The van der Waals surface area contributed by atoms with E-state index < -0.39 is 0 Å². The first-order valence-electron chi connectivity index (χ1n) is 6.30. The van der Waals surface area contributed by atoms with E-state index in [1.54, 1.807) is 0 Å². The zero-order valence-corrected chi connectivity index (χ0v) is 9.63. The lowest BCUT2D eigenvalue weighted by molar-refractivity contribution is 0.181. The monoisotopic (exact) mass is 196 g/mol. The highest BCUT2D eigenvalue weighted by molar-refractivity contribution is 4.88. The van der Waals surface area contributed by atoms with Crippen LogP contribution in [-0.2, 0) is 0 Å². The standard InChI is InChI=1S/C12H24N2/c1-3-12-7-6-10(2)14(12)9-11-5-4-8-13-11/h10-13H,3-9H2,1-2H3/t10?,11-,12?/m1/s1. The highest BCUT2D eigenvalue weighted by atomic mass is 15.2. The van der Waals surface area contributed by atoms with Gasteiger partial charge in [0.25, 0.3) is 0 Å². The summed E-state index contributed by atoms with van der Waals surface area (Å²) in [7, 11) is 0. The number of hydrogen-bond acceptors (Lipinski definition) is 2. The summed E-state index contributed by atoms with van der Waals surface area (Å²) in [6, 6.07) is 2.47. The molecule has 0 amide bonds. The van der Waals surface area contributed by atoms with Gasteiger partial charge in [-0.2, -0.15) is 0 Å². The van der Waals surface area contributed by atoms with Gasteiger partial charge in [-0.05, 0) is 45.6 Å². The zero-order valence-electron chi connectivity index (χ0n) is 9.63. The first kappa shape index (κ1) is 10.4. The molecule has 2 nitrogen and oxygen atoms in total. The molecule has 0 spiro atoms. The second kappa shape index (κ2) is 4.63. The maximum Gasteiger partial charge on any atom is 0.0195 e. The van der Waals surface area contributed by atoms with E-state index in [-0.39, 0.29) is 0 Å². The topological polar surface area (TPSA) is 15.3 Å². The van der Waals surface area contributed by atoms with E-state index in [2.05, 4.69) is 24.1 Å². The van der Waals surface area contributed by atoms with Crippen molar-refractivity contribution in [3.63, 3.8) is 0 Å². The third-order valence-electron chi connectivity index (χ3n) is 4.02. The van der Waals surface area contributed by atoms with Crippen molar-refractivity contribution in [1.29, 1.82) is 0 Å². The second-order valence-electron chi connectivity index (χ2n) is 4.98. The maximum atomic E-state index is 3.61. The molecule has 14 heavy (non-hydrogen) atoms. The predicted octanol–water partition coefficient (Wildman–Crippen LogP) is 2.00. The third-order valence-corrected chi connectivity index (χ3v) is 4.02. The lowest BCUT2D eigenvalue weighted by Gasteiger charge is -2.30. The molecule has 3 atom stereocenters. The van der Waals surface area contributed by atoms with Crippen LogP contribution >= 0.6 is 0 Å². The number of nitrogens with zero attached hydrogens (tertiary/aromatic N) is 1. The lowest BCUT2D eigenvalue weighted by Crippen LogP contribution is -2.43. The summed E-state index contributed by atoms with van der Waals surface area (Å²) in [6.45, 7) is 7.26. The third kappa shape index (κ3) is 2.12. The van der Waals surface area contributed by atoms with Crippen molar-refractivity contribution in [2.45, 2.75) is 64.1 Å². The van der Waals surface area contributed by atoms with Gasteiger partial charge in [0, 0.05) is 24.7 Å². The molecule has 2 fully saturated rings. The molecular weight excluding hydrogens is 172 g/mol. The highest BCUT2D eigenvalue weighted by Crippen LogP contribution is 2.26. The molecule has 0 aromatic carbocycles. The fraction of sp³-hybridized carbons (Fsp3) is 1.00. The van der Waals surface area contributed by atoms with Crippen LogP contribution in [0.2, 0.25) is 0 Å². The second-order valence-corrected chi connectivity index (χ2v) is 4.98. The highest BCUT2D eigenvalue weighted by Gasteiger charge is 2.31. The molecule has 1 N–H and O–H groups in total. The van der Waals surface area contributed by atoms with Crippen LogP contribution in [0.5, 0.6) is 0 Å². The van der Waals surface area contributed by atoms with Crippen molar-refractivity contribution >= 4 is 0 Å². The van der Waals surface area contributed by atoms with E-state index in [0.717, 1.165) is 18.1 Å². The number of rotatable bonds is 3. The minimum absolute atomic E-state index is 0.782. The number of hydrogen-bond donors (Lipinski definition) is 1. The quantitative estimate of drug-likeness (QED) is 0.743. The molecule has 2 aliphatic heterocycles. The Morgan fingerprint density at radius 1 is 1.29 bits per heavy atom. The van der Waals surface area contributed by atoms with Gasteiger partial charge >= 0.3 is 0 Å². The summed E-state index contributed by atoms with van der Waals surface area (Å²) in [6.07, 6.45) is 6.93. The molecule has 2 rings (SSSR count). The summed E-state index contributed by atoms with van der Waals surface area (Å²) in [5, 5.41) is 3.61. The Morgan fingerprint density at radius 3 is 2.79 bits per heavy atom. The first-order valence-corrected chi connectivity index (χ1v) is 6.30. The Balaban J connectivity index is 1.87. The molecule has 0 aromatic heterocycles. The van der Waals surface area contributed by atoms with Crippen LogP contribution in [-0.4, -0.2) is 36.1 Å². The van der Waals surface area contributed by atoms with Gasteiger partial charge in [-0.3, -0.25) is 4.90 Å². The Morgan fingerprint density at radius 2 is 2.14 bits per heavy atom. The van der Waals surface area contributed by atoms with Crippen LogP contribution in [0.15, 0.2) is 0 Å². The summed E-state index contributed by atoms with van der Waals surface area (Å²) in [5.41, 5.74) is 0. The van der Waals surface area contributed by atoms with Crippen molar-refractivity contribution < 1.29 is 0 Å². The van der Waals surface area contributed by atoms with Crippen LogP contribution in [0, 0.1) is 0 Å². The van der Waals surface area contributed by atoms with Crippen LogP contribution in [0.4, 0.5) is 0 Å². The average molecular weight is 196 g/mol. The van der Waals surface area contributed by atoms with Crippen molar-refractivity contribution in [3.05, 3.63) is 0 Å². The summed E-state index contributed by atoms with van der Waals surface area (Å²) < 4.78 is 0. The van der Waals surface area contributed by atoms with Crippen molar-refractivity contribution in [1.82, 2.24) is 10.2 Å². The normalized spacial score (nSPS) is 39.4. The molecule has 0 saturated carbocycles. The van der Waals surface area contributed by atoms with Crippen LogP contribution in [0.3, 0.4) is 0 Å². The van der Waals surface area contributed by atoms with Gasteiger partial charge in [-0.15, -0.1) is 0 Å². The fourth-order valence-corrected chi connectivity index (χ4v) is 3.06. The summed E-state index contributed by atoms with van der Waals surface area (Å²) >= 11 is 0. The van der Waals surface area contributed by atoms with E-state index in [9.17, 15) is 0 Å². The Bertz CT molecular complexity index is 175. The lowest BCUT2D eigenvalue weighted by atomic mass is 10.1. The molecule has 2 saturated heterocycles. The average Bonchev–Trinajstić information content (AvgIpc) is 2.79. The molecule has 2 heteroatoms. The smallest absolute Gasteiger partial charge is 0.0195 e. The van der Waals surface area contributed by atoms with Gasteiger partial charge < -0.3 is 5.32 Å². The minimum atomic E-state index is 0.782. The van der Waals surface area contributed by atoms with E-state index >= 15 is 0 Å². The van der Waals surface area contributed by atoms with Gasteiger partial charge in [0.15, 0.2) is 0 Å². The summed E-state index contributed by atoms with van der Waals surface area (Å²) in [4.78, 5) is 2.74. The van der Waals surface area contributed by atoms with Gasteiger partial charge in [0.05, 0.1) is 0 Å². The van der Waals surface area contributed by atoms with Crippen molar-refractivity contribution in [2.75, 3.05) is 13.1 Å². The number of likely N-dealkylation sites (tertiary alicyclic amines) is 1. The van der Waals surface area contributed by atoms with Crippen molar-refractivity contribution in [2.24, 2.45) is 0 Å². The van der Waals surface area contributed by atoms with Gasteiger partial charge in [-0.1, -0.05) is 6.92 Å². The van der Waals surface area contributed by atoms with Crippen molar-refractivity contribution in [3.8, 4) is 0 Å². The molecule has 0 aliphatic carbocycles. The summed E-state index contributed by atoms with van der Waals surface area (Å²) in [5.74, 6) is 0. The predicted molar refractivity (Wildman–Crippen MR) is 60.5 cm³/mol. The van der Waals surface area contributed by atoms with Gasteiger partial charge in [0.2, 0.25) is 0 Å². The van der Waals surface area contributed by atoms with E-state index in [4.69, 9.17) is 0 Å². The van der Waals surface area contributed by atoms with E-state index in [0.29, 0.717) is 0 Å². The Labute approximate surface area is 88.1 Å². The first-order chi connectivity index (χ1) is 6.81. The molecule has 2 unspecified atom stereocenters. The molecule has 2 heterocycles. The number of nitrogens with one attached hydrogen (secondary N) is 1.